The Morgan fingerprint density at radius 3 is 2.73 bits per heavy atom. The molecule has 1 atom stereocenters. The predicted molar refractivity (Wildman–Crippen MR) is 171 cm³/mol. The summed E-state index contributed by atoms with van der Waals surface area (Å²) in [6, 6.07) is 18.0. The van der Waals surface area contributed by atoms with Crippen LogP contribution in [0.15, 0.2) is 92.2 Å². The van der Waals surface area contributed by atoms with Gasteiger partial charge in [-0.15, -0.1) is 0 Å². The molecule has 3 heterocycles. The number of anilines is 1. The summed E-state index contributed by atoms with van der Waals surface area (Å²) >= 11 is 1.22. The zero-order valence-corrected chi connectivity index (χ0v) is 25.8. The third-order valence-corrected chi connectivity index (χ3v) is 10.7. The Morgan fingerprint density at radius 2 is 1.95 bits per heavy atom. The lowest BCUT2D eigenvalue weighted by Crippen LogP contribution is -2.43. The van der Waals surface area contributed by atoms with Crippen molar-refractivity contribution >= 4 is 59.8 Å². The van der Waals surface area contributed by atoms with E-state index in [1.54, 1.807) is 47.8 Å². The van der Waals surface area contributed by atoms with Gasteiger partial charge in [0.05, 0.1) is 39.4 Å². The first kappa shape index (κ1) is 29.7. The number of sulfonamides is 1. The Labute approximate surface area is 258 Å². The number of hydrogen-bond acceptors (Lipinski definition) is 9. The first-order valence-electron chi connectivity index (χ1n) is 14.3. The Hall–Kier alpha value is -4.39. The van der Waals surface area contributed by atoms with E-state index in [4.69, 9.17) is 9.15 Å². The van der Waals surface area contributed by atoms with Crippen LogP contribution in [-0.4, -0.2) is 49.5 Å². The SMILES string of the molecule is CCC1CCCCN1S(=O)(=O)c1ccc(C(=O)N(/N=C/c2coc3ccccc3c2=O)c2nc3ccc(OC)cc3s2)cc1. The van der Waals surface area contributed by atoms with Crippen LogP contribution in [0.2, 0.25) is 0 Å². The van der Waals surface area contributed by atoms with E-state index >= 15 is 0 Å². The number of amides is 1. The van der Waals surface area contributed by atoms with E-state index in [2.05, 4.69) is 10.1 Å². The molecule has 0 N–H and O–H groups in total. The maximum Gasteiger partial charge on any atom is 0.280 e. The molecule has 6 rings (SSSR count). The van der Waals surface area contributed by atoms with Gasteiger partial charge in [0, 0.05) is 18.2 Å². The Morgan fingerprint density at radius 1 is 1.16 bits per heavy atom. The van der Waals surface area contributed by atoms with E-state index in [-0.39, 0.29) is 32.6 Å². The molecule has 0 radical (unpaired) electrons. The second kappa shape index (κ2) is 12.3. The van der Waals surface area contributed by atoms with Gasteiger partial charge in [-0.25, -0.2) is 13.4 Å². The van der Waals surface area contributed by atoms with Gasteiger partial charge in [-0.1, -0.05) is 36.8 Å². The average Bonchev–Trinajstić information content (AvgIpc) is 3.48. The van der Waals surface area contributed by atoms with Crippen LogP contribution in [0.4, 0.5) is 5.13 Å². The topological polar surface area (TPSA) is 122 Å². The molecule has 226 valence electrons. The van der Waals surface area contributed by atoms with Crippen molar-refractivity contribution in [2.75, 3.05) is 18.7 Å². The highest BCUT2D eigenvalue weighted by molar-refractivity contribution is 7.89. The number of methoxy groups -OCH3 is 1. The molecule has 2 aromatic heterocycles. The predicted octanol–water partition coefficient (Wildman–Crippen LogP) is 6.05. The van der Waals surface area contributed by atoms with E-state index in [9.17, 15) is 18.0 Å². The number of hydrazone groups is 1. The first-order chi connectivity index (χ1) is 21.3. The summed E-state index contributed by atoms with van der Waals surface area (Å²) in [6.45, 7) is 2.48. The zero-order valence-electron chi connectivity index (χ0n) is 24.2. The number of rotatable bonds is 8. The van der Waals surface area contributed by atoms with Gasteiger partial charge >= 0.3 is 0 Å². The highest BCUT2D eigenvalue weighted by atomic mass is 32.2. The molecule has 1 fully saturated rings. The second-order valence-corrected chi connectivity index (χ2v) is 13.3. The van der Waals surface area contributed by atoms with Crippen LogP contribution in [0.5, 0.6) is 5.75 Å². The van der Waals surface area contributed by atoms with Crippen molar-refractivity contribution in [2.45, 2.75) is 43.5 Å². The normalized spacial score (nSPS) is 16.1. The molecule has 1 aliphatic heterocycles. The van der Waals surface area contributed by atoms with Gasteiger partial charge in [0.25, 0.3) is 5.91 Å². The summed E-state index contributed by atoms with van der Waals surface area (Å²) in [5, 5.41) is 6.15. The van der Waals surface area contributed by atoms with Crippen molar-refractivity contribution in [2.24, 2.45) is 5.10 Å². The molecule has 3 aromatic carbocycles. The van der Waals surface area contributed by atoms with Gasteiger partial charge < -0.3 is 9.15 Å². The summed E-state index contributed by atoms with van der Waals surface area (Å²) < 4.78 is 40.2. The van der Waals surface area contributed by atoms with Gasteiger partial charge in [0.15, 0.2) is 0 Å². The van der Waals surface area contributed by atoms with Crippen LogP contribution in [0.1, 0.15) is 48.5 Å². The van der Waals surface area contributed by atoms with Gasteiger partial charge in [0.2, 0.25) is 20.6 Å². The first-order valence-corrected chi connectivity index (χ1v) is 16.5. The summed E-state index contributed by atoms with van der Waals surface area (Å²) in [5.41, 5.74) is 1.13. The number of carbonyl (C=O) groups is 1. The van der Waals surface area contributed by atoms with E-state index in [1.165, 1.54) is 48.1 Å². The second-order valence-electron chi connectivity index (χ2n) is 10.4. The maximum absolute atomic E-state index is 13.9. The van der Waals surface area contributed by atoms with Crippen LogP contribution < -0.4 is 15.2 Å². The van der Waals surface area contributed by atoms with Gasteiger partial charge in [0.1, 0.15) is 17.6 Å². The third kappa shape index (κ3) is 5.63. The Balaban J connectivity index is 1.36. The summed E-state index contributed by atoms with van der Waals surface area (Å²) in [6.07, 6.45) is 5.97. The molecule has 0 spiro atoms. The lowest BCUT2D eigenvalue weighted by atomic mass is 10.0. The van der Waals surface area contributed by atoms with Crippen molar-refractivity contribution in [3.63, 3.8) is 0 Å². The minimum absolute atomic E-state index is 0.0368. The molecule has 0 saturated carbocycles. The molecule has 10 nitrogen and oxygen atoms in total. The summed E-state index contributed by atoms with van der Waals surface area (Å²) in [4.78, 5) is 31.7. The minimum Gasteiger partial charge on any atom is -0.497 e. The van der Waals surface area contributed by atoms with Crippen molar-refractivity contribution < 1.29 is 22.4 Å². The maximum atomic E-state index is 13.9. The quantitative estimate of drug-likeness (QED) is 0.151. The molecular weight excluding hydrogens is 601 g/mol. The van der Waals surface area contributed by atoms with Crippen LogP contribution in [0.25, 0.3) is 21.2 Å². The molecule has 12 heteroatoms. The fourth-order valence-corrected chi connectivity index (χ4v) is 8.04. The molecule has 1 aliphatic rings. The summed E-state index contributed by atoms with van der Waals surface area (Å²) in [7, 11) is -2.15. The standard InChI is InChI=1S/C32H30N4O6S2/c1-3-23-8-6-7-17-35(23)44(39,40)25-14-11-21(12-15-25)31(38)36(32-34-27-16-13-24(41-2)18-29(27)43-32)33-19-22-20-42-28-10-5-4-9-26(28)30(22)37/h4-5,9-16,18-20,23H,3,6-8,17H2,1-2H3/b33-19+. The molecule has 1 saturated heterocycles. The van der Waals surface area contributed by atoms with Crippen molar-refractivity contribution in [1.29, 1.82) is 0 Å². The van der Waals surface area contributed by atoms with Gasteiger partial charge in [-0.2, -0.15) is 14.4 Å². The van der Waals surface area contributed by atoms with E-state index in [0.717, 1.165) is 35.4 Å². The molecule has 5 aromatic rings. The fraction of sp³-hybridized carbons (Fsp3) is 0.250. The number of aromatic nitrogens is 1. The van der Waals surface area contributed by atoms with Gasteiger partial charge in [-0.3, -0.25) is 9.59 Å². The number of ether oxygens (including phenoxy) is 1. The highest BCUT2D eigenvalue weighted by Gasteiger charge is 2.32. The number of benzene rings is 3. The van der Waals surface area contributed by atoms with Crippen LogP contribution >= 0.6 is 11.3 Å². The lowest BCUT2D eigenvalue weighted by molar-refractivity contribution is 0.0987. The zero-order chi connectivity index (χ0) is 30.8. The number of para-hydroxylation sites is 1. The number of fused-ring (bicyclic) bond motifs is 2. The highest BCUT2D eigenvalue weighted by Crippen LogP contribution is 2.33. The summed E-state index contributed by atoms with van der Waals surface area (Å²) in [5.74, 6) is 0.0875. The van der Waals surface area contributed by atoms with Crippen molar-refractivity contribution in [3.8, 4) is 5.75 Å². The van der Waals surface area contributed by atoms with Crippen molar-refractivity contribution in [3.05, 3.63) is 94.3 Å². The van der Waals surface area contributed by atoms with E-state index in [0.29, 0.717) is 28.8 Å². The number of thiazole rings is 1. The number of piperidine rings is 1. The Kier molecular flexibility index (Phi) is 8.30. The van der Waals surface area contributed by atoms with Crippen LogP contribution in [0.3, 0.4) is 0 Å². The molecule has 1 unspecified atom stereocenters. The largest absolute Gasteiger partial charge is 0.497 e. The fourth-order valence-electron chi connectivity index (χ4n) is 5.33. The average molecular weight is 631 g/mol. The lowest BCUT2D eigenvalue weighted by Gasteiger charge is -2.34. The molecule has 1 amide bonds. The monoisotopic (exact) mass is 630 g/mol. The number of nitrogens with zero attached hydrogens (tertiary/aromatic N) is 4. The molecular formula is C32H30N4O6S2. The van der Waals surface area contributed by atoms with E-state index in [1.807, 2.05) is 13.0 Å². The number of hydrogen-bond donors (Lipinski definition) is 0. The van der Waals surface area contributed by atoms with Crippen LogP contribution in [0, 0.1) is 0 Å². The van der Waals surface area contributed by atoms with Crippen molar-refractivity contribution in [1.82, 2.24) is 9.29 Å². The van der Waals surface area contributed by atoms with Crippen LogP contribution in [-0.2, 0) is 10.0 Å². The molecule has 44 heavy (non-hydrogen) atoms. The van der Waals surface area contributed by atoms with E-state index < -0.39 is 15.9 Å². The number of carbonyl (C=O) groups excluding carboxylic acids is 1. The third-order valence-electron chi connectivity index (χ3n) is 7.73. The minimum atomic E-state index is -3.72. The Bertz CT molecular complexity index is 2040. The molecule has 0 aliphatic carbocycles. The molecule has 0 bridgehead atoms. The van der Waals surface area contributed by atoms with Gasteiger partial charge in [-0.05, 0) is 73.9 Å². The smallest absolute Gasteiger partial charge is 0.280 e.